The van der Waals surface area contributed by atoms with Crippen LogP contribution in [0.15, 0.2) is 35.5 Å². The number of aromatic nitrogens is 3. The molecule has 83 heavy (non-hydrogen) atoms. The van der Waals surface area contributed by atoms with E-state index in [1.807, 2.05) is 19.9 Å². The van der Waals surface area contributed by atoms with Crippen molar-refractivity contribution >= 4 is 88.6 Å². The second kappa shape index (κ2) is 30.9. The van der Waals surface area contributed by atoms with Crippen molar-refractivity contribution in [2.24, 2.45) is 23.7 Å². The molecular formula is C59H88N10O12S2. The minimum atomic E-state index is -1.18. The maximum atomic E-state index is 14.8. The van der Waals surface area contributed by atoms with Gasteiger partial charge in [-0.15, -0.1) is 11.8 Å². The second-order valence-electron chi connectivity index (χ2n) is 23.4. The minimum Gasteiger partial charge on any atom is -0.480 e. The molecule has 3 unspecified atom stereocenters. The van der Waals surface area contributed by atoms with Gasteiger partial charge in [0.25, 0.3) is 0 Å². The van der Waals surface area contributed by atoms with Crippen LogP contribution in [-0.2, 0) is 59.0 Å². The third-order valence-electron chi connectivity index (χ3n) is 16.8. The molecular weight excluding hydrogens is 1100 g/mol. The number of carboxylic acid groups (broad SMARTS) is 1. The van der Waals surface area contributed by atoms with Gasteiger partial charge in [-0.25, -0.2) is 9.69 Å². The summed E-state index contributed by atoms with van der Waals surface area (Å²) in [5, 5.41) is 18.5. The quantitative estimate of drug-likeness (QED) is 0.0842. The highest BCUT2D eigenvalue weighted by molar-refractivity contribution is 8.01. The number of rotatable bonds is 25. The largest absolute Gasteiger partial charge is 0.480 e. The number of carboxylic acids is 1. The molecule has 1 saturated carbocycles. The predicted molar refractivity (Wildman–Crippen MR) is 316 cm³/mol. The summed E-state index contributed by atoms with van der Waals surface area (Å²) in [5.41, 5.74) is 0.751. The number of hydrogen-bond acceptors (Lipinski definition) is 16. The number of anilines is 2. The molecule has 3 aliphatic heterocycles. The molecule has 1 aliphatic carbocycles. The molecule has 3 fully saturated rings. The summed E-state index contributed by atoms with van der Waals surface area (Å²) in [6.07, 6.45) is 6.45. The Morgan fingerprint density at radius 2 is 1.47 bits per heavy atom. The Morgan fingerprint density at radius 3 is 2.11 bits per heavy atom. The number of fused-ring (bicyclic) bond motifs is 9. The van der Waals surface area contributed by atoms with Gasteiger partial charge in [0.1, 0.15) is 18.1 Å². The van der Waals surface area contributed by atoms with Crippen LogP contribution in [0.3, 0.4) is 0 Å². The molecule has 4 N–H and O–H groups in total. The molecule has 2 aromatic rings. The lowest BCUT2D eigenvalue weighted by Gasteiger charge is -2.41. The zero-order valence-corrected chi connectivity index (χ0v) is 51.8. The summed E-state index contributed by atoms with van der Waals surface area (Å²) >= 11 is 3.01. The van der Waals surface area contributed by atoms with Gasteiger partial charge >= 0.3 is 5.97 Å². The van der Waals surface area contributed by atoms with Gasteiger partial charge < -0.3 is 39.9 Å². The van der Waals surface area contributed by atoms with Gasteiger partial charge in [0.2, 0.25) is 59.2 Å². The van der Waals surface area contributed by atoms with Crippen molar-refractivity contribution in [2.45, 2.75) is 208 Å². The van der Waals surface area contributed by atoms with Crippen LogP contribution in [-0.4, -0.2) is 181 Å². The number of benzene rings is 1. The number of likely N-dealkylation sites (tertiary alicyclic amines) is 1. The first-order chi connectivity index (χ1) is 39.5. The molecule has 4 aliphatic rings. The van der Waals surface area contributed by atoms with Crippen LogP contribution in [0, 0.1) is 23.7 Å². The van der Waals surface area contributed by atoms with E-state index in [1.54, 1.807) is 82.6 Å². The van der Waals surface area contributed by atoms with E-state index in [2.05, 4.69) is 30.9 Å². The molecule has 22 nitrogen and oxygen atoms in total. The number of thioether (sulfide) groups is 2. The van der Waals surface area contributed by atoms with E-state index in [0.717, 1.165) is 55.4 Å². The molecule has 6 bridgehead atoms. The number of amides is 8. The van der Waals surface area contributed by atoms with Crippen LogP contribution in [0.2, 0.25) is 0 Å². The fourth-order valence-corrected chi connectivity index (χ4v) is 14.7. The van der Waals surface area contributed by atoms with Gasteiger partial charge in [-0.3, -0.25) is 43.7 Å². The van der Waals surface area contributed by atoms with Gasteiger partial charge in [-0.1, -0.05) is 116 Å². The summed E-state index contributed by atoms with van der Waals surface area (Å²) < 4.78 is 12.0. The lowest BCUT2D eigenvalue weighted by Crippen LogP contribution is -2.60. The number of hydrogen-bond donors (Lipinski definition) is 4. The van der Waals surface area contributed by atoms with Gasteiger partial charge in [0.15, 0.2) is 5.16 Å². The maximum absolute atomic E-state index is 14.8. The summed E-state index contributed by atoms with van der Waals surface area (Å²) in [4.78, 5) is 143. The van der Waals surface area contributed by atoms with Crippen molar-refractivity contribution in [2.75, 3.05) is 45.1 Å². The first-order valence-corrected chi connectivity index (χ1v) is 31.3. The van der Waals surface area contributed by atoms with E-state index >= 15 is 0 Å². The van der Waals surface area contributed by atoms with Crippen molar-refractivity contribution in [3.8, 4) is 0 Å². The first kappa shape index (κ1) is 66.4. The summed E-state index contributed by atoms with van der Waals surface area (Å²) in [6.45, 7) is 13.1. The van der Waals surface area contributed by atoms with E-state index in [1.165, 1.54) is 42.8 Å². The van der Waals surface area contributed by atoms with Crippen molar-refractivity contribution in [1.29, 1.82) is 0 Å². The van der Waals surface area contributed by atoms with E-state index in [4.69, 9.17) is 9.47 Å². The van der Waals surface area contributed by atoms with Crippen molar-refractivity contribution in [3.05, 3.63) is 35.9 Å². The highest BCUT2D eigenvalue weighted by atomic mass is 32.2. The monoisotopic (exact) mass is 1190 g/mol. The van der Waals surface area contributed by atoms with Crippen LogP contribution in [0.5, 0.6) is 0 Å². The minimum absolute atomic E-state index is 0.0353. The van der Waals surface area contributed by atoms with Crippen molar-refractivity contribution < 1.29 is 57.7 Å². The number of imide groups is 1. The maximum Gasteiger partial charge on any atom is 0.326 e. The molecule has 458 valence electrons. The molecule has 24 heteroatoms. The Morgan fingerprint density at radius 1 is 0.795 bits per heavy atom. The second-order valence-corrected chi connectivity index (χ2v) is 26.1. The molecule has 2 saturated heterocycles. The van der Waals surface area contributed by atoms with E-state index in [-0.39, 0.29) is 77.4 Å². The zero-order valence-electron chi connectivity index (χ0n) is 50.2. The van der Waals surface area contributed by atoms with Crippen LogP contribution in [0.4, 0.5) is 11.9 Å². The lowest BCUT2D eigenvalue weighted by atomic mass is 9.89. The Kier molecular flexibility index (Phi) is 24.7. The first-order valence-electron chi connectivity index (χ1n) is 29.5. The van der Waals surface area contributed by atoms with E-state index < -0.39 is 107 Å². The Hall–Kier alpha value is -5.72. The van der Waals surface area contributed by atoms with Crippen molar-refractivity contribution in [3.63, 3.8) is 0 Å². The molecule has 0 radical (unpaired) electrons. The van der Waals surface area contributed by atoms with Gasteiger partial charge in [0, 0.05) is 71.0 Å². The van der Waals surface area contributed by atoms with Crippen molar-refractivity contribution in [1.82, 2.24) is 40.3 Å². The number of methoxy groups -OCH3 is 2. The van der Waals surface area contributed by atoms with Crippen LogP contribution in [0.25, 0.3) is 0 Å². The average Bonchev–Trinajstić information content (AvgIpc) is 4.23. The number of ether oxygens (including phenoxy) is 2. The normalized spacial score (nSPS) is 22.1. The SMILES string of the molecule is CC[C@H](C)[C@@H]([C@@H](CC(=O)N1CCC[C@H]1[C@H](OC)[C@@H](C)C(=O)N[C@@H](Cc1ccccc1)C(=O)O)OC)N(C)C(=O)[C@@H](NC(=O)[C@H](C(C)C)N(C)C(=O)CCC(=O)Nc1nc2nc(n1)N1C(=O)CC(SC3CCCCC(CCC3)S2)C1=O)C(C)C. The van der Waals surface area contributed by atoms with E-state index in [9.17, 15) is 48.3 Å². The topological polar surface area (TPSA) is 280 Å². The smallest absolute Gasteiger partial charge is 0.326 e. The molecule has 8 amide bonds. The molecule has 6 rings (SSSR count). The average molecular weight is 1190 g/mol. The lowest BCUT2D eigenvalue weighted by molar-refractivity contribution is -0.149. The standard InChI is InChI=1S/C59H88N10O12S2/c1-12-35(6)50(42(80-10)31-46(72)68-29-19-26-41(68)51(81-11)36(7)52(74)60-40(56(78)79)30-37-20-14-13-15-21-37)67(9)55(77)48(33(2)3)62-53(75)49(34(4)5)66(8)45(71)28-27-44(70)61-57-63-58-65-59(64-57)83-39-23-17-16-22-38(24-18-25-39)82-43-32-47(73)69(58)54(43)76/h13-15,20-21,33-36,38-43,48-51H,12,16-19,22-32H2,1-11H3,(H,60,74)(H,62,75)(H,78,79)(H,61,63,64,65,70)/t35-,36+,38?,39?,40-,41-,42+,43?,48-,49-,50-,51+/m0/s1. The van der Waals surface area contributed by atoms with Gasteiger partial charge in [-0.05, 0) is 61.8 Å². The molecule has 4 heterocycles. The number of likely N-dealkylation sites (N-methyl/N-ethyl adjacent to an activating group) is 2. The number of carbonyl (C=O) groups excluding carboxylic acids is 8. The van der Waals surface area contributed by atoms with Crippen LogP contribution in [0.1, 0.15) is 144 Å². The van der Waals surface area contributed by atoms with Gasteiger partial charge in [0.05, 0.1) is 41.9 Å². The fraction of sp³-hybridized carbons (Fsp3) is 0.695. The Balaban J connectivity index is 1.09. The van der Waals surface area contributed by atoms with Crippen LogP contribution < -0.4 is 20.9 Å². The fourth-order valence-electron chi connectivity index (χ4n) is 12.0. The number of aliphatic carboxylic acids is 1. The molecule has 1 aromatic heterocycles. The van der Waals surface area contributed by atoms with Crippen LogP contribution >= 0.6 is 23.5 Å². The Bertz CT molecular complexity index is 2620. The number of nitrogens with one attached hydrogen (secondary N) is 3. The third-order valence-corrected chi connectivity index (χ3v) is 19.6. The predicted octanol–water partition coefficient (Wildman–Crippen LogP) is 5.90. The third kappa shape index (κ3) is 17.2. The molecule has 12 atom stereocenters. The molecule has 0 spiro atoms. The zero-order chi connectivity index (χ0) is 60.8. The Labute approximate surface area is 497 Å². The van der Waals surface area contributed by atoms with Gasteiger partial charge in [-0.2, -0.15) is 15.0 Å². The molecule has 1 aromatic carbocycles. The summed E-state index contributed by atoms with van der Waals surface area (Å²) in [5.74, 6) is -7.04. The number of carbonyl (C=O) groups is 9. The highest BCUT2D eigenvalue weighted by Crippen LogP contribution is 2.39. The summed E-state index contributed by atoms with van der Waals surface area (Å²) in [7, 11) is 6.06. The highest BCUT2D eigenvalue weighted by Gasteiger charge is 2.46. The summed E-state index contributed by atoms with van der Waals surface area (Å²) in [6, 6.07) is 4.57. The van der Waals surface area contributed by atoms with E-state index in [0.29, 0.717) is 25.8 Å². The number of nitrogens with zero attached hydrogens (tertiary/aromatic N) is 7.